The van der Waals surface area contributed by atoms with E-state index < -0.39 is 0 Å². The molecule has 6 rings (SSSR count). The molecule has 0 radical (unpaired) electrons. The van der Waals surface area contributed by atoms with Gasteiger partial charge in [-0.3, -0.25) is 9.78 Å². The predicted octanol–water partition coefficient (Wildman–Crippen LogP) is 4.39. The van der Waals surface area contributed by atoms with Crippen LogP contribution in [0.1, 0.15) is 10.4 Å². The number of rotatable bonds is 5. The van der Waals surface area contributed by atoms with Crippen LogP contribution in [0.2, 0.25) is 0 Å². The van der Waals surface area contributed by atoms with Crippen molar-refractivity contribution in [3.8, 4) is 11.3 Å². The van der Waals surface area contributed by atoms with Crippen LogP contribution in [0.5, 0.6) is 0 Å². The van der Waals surface area contributed by atoms with Crippen molar-refractivity contribution in [3.63, 3.8) is 0 Å². The highest BCUT2D eigenvalue weighted by Crippen LogP contribution is 2.29. The minimum atomic E-state index is -0.00105. The Hall–Kier alpha value is -4.79. The molecule has 1 saturated heterocycles. The molecule has 3 aromatic heterocycles. The minimum Gasteiger partial charge on any atom is -0.355 e. The molecule has 5 aromatic rings. The Labute approximate surface area is 207 Å². The van der Waals surface area contributed by atoms with E-state index in [1.165, 1.54) is 0 Å². The molecule has 0 aliphatic carbocycles. The maximum atomic E-state index is 13.3. The first-order valence-corrected chi connectivity index (χ1v) is 11.7. The summed E-state index contributed by atoms with van der Waals surface area (Å²) < 4.78 is 5.58. The minimum absolute atomic E-state index is 0.00105. The van der Waals surface area contributed by atoms with Crippen molar-refractivity contribution in [1.29, 1.82) is 0 Å². The molecule has 1 aliphatic rings. The molecule has 9 nitrogen and oxygen atoms in total. The molecular formula is C27H23N7O2. The predicted molar refractivity (Wildman–Crippen MR) is 137 cm³/mol. The fourth-order valence-electron chi connectivity index (χ4n) is 4.34. The number of nitrogens with zero attached hydrogens (tertiary/aromatic N) is 6. The molecule has 1 aliphatic heterocycles. The number of benzene rings is 2. The van der Waals surface area contributed by atoms with Gasteiger partial charge in [0.15, 0.2) is 17.4 Å². The molecule has 9 heteroatoms. The first kappa shape index (κ1) is 21.7. The zero-order valence-corrected chi connectivity index (χ0v) is 19.4. The molecule has 0 bridgehead atoms. The molecule has 0 unspecified atom stereocenters. The van der Waals surface area contributed by atoms with Gasteiger partial charge in [-0.05, 0) is 42.5 Å². The lowest BCUT2D eigenvalue weighted by Gasteiger charge is -2.35. The fraction of sp³-hybridized carbons (Fsp3) is 0.148. The topological polar surface area (TPSA) is 100 Å². The van der Waals surface area contributed by atoms with E-state index in [2.05, 4.69) is 30.6 Å². The smallest absolute Gasteiger partial charge is 0.254 e. The highest BCUT2D eigenvalue weighted by Gasteiger charge is 2.24. The zero-order chi connectivity index (χ0) is 24.3. The number of fused-ring (bicyclic) bond motifs is 1. The maximum Gasteiger partial charge on any atom is 0.254 e. The van der Waals surface area contributed by atoms with Crippen LogP contribution in [0.15, 0.2) is 89.7 Å². The monoisotopic (exact) mass is 477 g/mol. The van der Waals surface area contributed by atoms with E-state index in [1.807, 2.05) is 77.7 Å². The molecule has 1 fully saturated rings. The Bertz CT molecular complexity index is 1480. The van der Waals surface area contributed by atoms with E-state index in [0.717, 1.165) is 28.0 Å². The molecule has 178 valence electrons. The van der Waals surface area contributed by atoms with Crippen molar-refractivity contribution in [3.05, 3.63) is 90.8 Å². The van der Waals surface area contributed by atoms with Crippen LogP contribution < -0.4 is 10.2 Å². The third-order valence-corrected chi connectivity index (χ3v) is 6.23. The number of hydrogen-bond acceptors (Lipinski definition) is 8. The van der Waals surface area contributed by atoms with Crippen molar-refractivity contribution < 1.29 is 9.32 Å². The van der Waals surface area contributed by atoms with E-state index in [4.69, 9.17) is 4.52 Å². The molecule has 0 spiro atoms. The van der Waals surface area contributed by atoms with Crippen molar-refractivity contribution in [2.24, 2.45) is 0 Å². The number of nitrogens with one attached hydrogen (secondary N) is 1. The van der Waals surface area contributed by atoms with Gasteiger partial charge < -0.3 is 19.6 Å². The maximum absolute atomic E-state index is 13.3. The summed E-state index contributed by atoms with van der Waals surface area (Å²) in [5.41, 5.74) is 3.14. The van der Waals surface area contributed by atoms with Crippen molar-refractivity contribution in [1.82, 2.24) is 25.2 Å². The van der Waals surface area contributed by atoms with Gasteiger partial charge in [0.05, 0.1) is 17.3 Å². The zero-order valence-electron chi connectivity index (χ0n) is 19.4. The number of aromatic nitrogens is 4. The van der Waals surface area contributed by atoms with E-state index in [-0.39, 0.29) is 5.91 Å². The molecule has 0 saturated carbocycles. The van der Waals surface area contributed by atoms with Crippen LogP contribution in [0.3, 0.4) is 0 Å². The number of hydrogen-bond donors (Lipinski definition) is 1. The second kappa shape index (κ2) is 9.46. The number of amides is 1. The quantitative estimate of drug-likeness (QED) is 0.398. The number of anilines is 3. The molecule has 1 N–H and O–H groups in total. The lowest BCUT2D eigenvalue weighted by atomic mass is 10.1. The van der Waals surface area contributed by atoms with Crippen LogP contribution in [-0.4, -0.2) is 57.3 Å². The summed E-state index contributed by atoms with van der Waals surface area (Å²) in [7, 11) is 0. The van der Waals surface area contributed by atoms with Gasteiger partial charge >= 0.3 is 0 Å². The van der Waals surface area contributed by atoms with Crippen LogP contribution in [-0.2, 0) is 0 Å². The van der Waals surface area contributed by atoms with Crippen molar-refractivity contribution in [2.75, 3.05) is 36.4 Å². The molecule has 4 heterocycles. The summed E-state index contributed by atoms with van der Waals surface area (Å²) in [6, 6.07) is 22.9. The van der Waals surface area contributed by atoms with E-state index in [0.29, 0.717) is 43.3 Å². The highest BCUT2D eigenvalue weighted by atomic mass is 16.5. The highest BCUT2D eigenvalue weighted by molar-refractivity contribution is 6.01. The van der Waals surface area contributed by atoms with Gasteiger partial charge in [0.1, 0.15) is 5.52 Å². The van der Waals surface area contributed by atoms with Crippen LogP contribution >= 0.6 is 0 Å². The Morgan fingerprint density at radius 2 is 1.75 bits per heavy atom. The van der Waals surface area contributed by atoms with Gasteiger partial charge in [-0.15, -0.1) is 10.2 Å². The van der Waals surface area contributed by atoms with Gasteiger partial charge in [0, 0.05) is 43.5 Å². The van der Waals surface area contributed by atoms with Gasteiger partial charge in [-0.25, -0.2) is 0 Å². The molecule has 2 aromatic carbocycles. The summed E-state index contributed by atoms with van der Waals surface area (Å²) in [5, 5.41) is 16.8. The average Bonchev–Trinajstić information content (AvgIpc) is 3.38. The standard InChI is InChI=1S/C27H23N7O2/c35-27(20-8-9-23-22(17-20)26(36-32-23)19-5-2-1-3-6-19)34-15-13-33(14-16-34)25-11-10-24(30-31-25)29-21-7-4-12-28-18-21/h1-12,17-18H,13-16H2,(H,29,30). The van der Waals surface area contributed by atoms with E-state index in [9.17, 15) is 4.79 Å². The number of carbonyl (C=O) groups is 1. The molecule has 1 amide bonds. The summed E-state index contributed by atoms with van der Waals surface area (Å²) >= 11 is 0. The van der Waals surface area contributed by atoms with E-state index in [1.54, 1.807) is 12.4 Å². The van der Waals surface area contributed by atoms with Crippen molar-refractivity contribution in [2.45, 2.75) is 0 Å². The Morgan fingerprint density at radius 1 is 0.889 bits per heavy atom. The van der Waals surface area contributed by atoms with Gasteiger partial charge in [-0.1, -0.05) is 35.5 Å². The van der Waals surface area contributed by atoms with Crippen LogP contribution in [0.25, 0.3) is 22.2 Å². The molecular weight excluding hydrogens is 454 g/mol. The van der Waals surface area contributed by atoms with Crippen LogP contribution in [0, 0.1) is 0 Å². The number of pyridine rings is 1. The first-order valence-electron chi connectivity index (χ1n) is 11.7. The lowest BCUT2D eigenvalue weighted by molar-refractivity contribution is 0.0746. The van der Waals surface area contributed by atoms with Crippen molar-refractivity contribution >= 4 is 34.1 Å². The van der Waals surface area contributed by atoms with Gasteiger partial charge in [0.25, 0.3) is 5.91 Å². The van der Waals surface area contributed by atoms with Crippen LogP contribution in [0.4, 0.5) is 17.3 Å². The fourth-order valence-corrected chi connectivity index (χ4v) is 4.34. The molecule has 0 atom stereocenters. The summed E-state index contributed by atoms with van der Waals surface area (Å²) in [6.07, 6.45) is 3.45. The van der Waals surface area contributed by atoms with Gasteiger partial charge in [0.2, 0.25) is 0 Å². The third-order valence-electron chi connectivity index (χ3n) is 6.23. The SMILES string of the molecule is O=C(c1ccc2noc(-c3ccccc3)c2c1)N1CCN(c2ccc(Nc3cccnc3)nn2)CC1. The van der Waals surface area contributed by atoms with E-state index >= 15 is 0 Å². The summed E-state index contributed by atoms with van der Waals surface area (Å²) in [6.45, 7) is 2.56. The number of carbonyl (C=O) groups excluding carboxylic acids is 1. The summed E-state index contributed by atoms with van der Waals surface area (Å²) in [5.74, 6) is 2.11. The first-order chi connectivity index (χ1) is 17.7. The van der Waals surface area contributed by atoms with Gasteiger partial charge in [-0.2, -0.15) is 0 Å². The Kier molecular flexibility index (Phi) is 5.71. The third kappa shape index (κ3) is 4.34. The second-order valence-electron chi connectivity index (χ2n) is 8.53. The largest absolute Gasteiger partial charge is 0.355 e. The summed E-state index contributed by atoms with van der Waals surface area (Å²) in [4.78, 5) is 21.4. The Morgan fingerprint density at radius 3 is 2.50 bits per heavy atom. The number of piperazine rings is 1. The Balaban J connectivity index is 1.12. The lowest BCUT2D eigenvalue weighted by Crippen LogP contribution is -2.49. The molecule has 36 heavy (non-hydrogen) atoms. The second-order valence-corrected chi connectivity index (χ2v) is 8.53. The normalized spacial score (nSPS) is 13.7. The average molecular weight is 478 g/mol.